The molecule has 0 aliphatic rings. The Morgan fingerprint density at radius 2 is 1.00 bits per heavy atom. The first-order chi connectivity index (χ1) is 14.7. The Hall–Kier alpha value is -0.553. The molecule has 0 aromatic rings. The predicted octanol–water partition coefficient (Wildman–Crippen LogP) is 3.43. The van der Waals surface area contributed by atoms with Crippen molar-refractivity contribution in [2.45, 2.75) is 58.7 Å². The van der Waals surface area contributed by atoms with Gasteiger partial charge in [0.25, 0.3) is 0 Å². The van der Waals surface area contributed by atoms with Crippen LogP contribution in [0.15, 0.2) is 0 Å². The number of carbonyl (C=O) groups is 1. The third-order valence-corrected chi connectivity index (χ3v) is 9.47. The first kappa shape index (κ1) is 30.4. The Morgan fingerprint density at radius 3 is 1.35 bits per heavy atom. The van der Waals surface area contributed by atoms with Gasteiger partial charge >= 0.3 is 5.97 Å². The van der Waals surface area contributed by atoms with Gasteiger partial charge in [0.2, 0.25) is 0 Å². The highest BCUT2D eigenvalue weighted by Crippen LogP contribution is 2.36. The van der Waals surface area contributed by atoms with Crippen LogP contribution in [0.4, 0.5) is 0 Å². The van der Waals surface area contributed by atoms with Crippen LogP contribution >= 0.6 is 0 Å². The van der Waals surface area contributed by atoms with Gasteiger partial charge in [-0.2, -0.15) is 0 Å². The lowest BCUT2D eigenvalue weighted by Gasteiger charge is -2.36. The van der Waals surface area contributed by atoms with Crippen LogP contribution in [0.25, 0.3) is 0 Å². The van der Waals surface area contributed by atoms with Crippen molar-refractivity contribution in [3.8, 4) is 0 Å². The molecule has 0 aromatic heterocycles. The molecule has 0 N–H and O–H groups in total. The van der Waals surface area contributed by atoms with Crippen molar-refractivity contribution >= 4 is 14.3 Å². The van der Waals surface area contributed by atoms with Gasteiger partial charge in [-0.15, -0.1) is 0 Å². The highest BCUT2D eigenvalue weighted by molar-refractivity contribution is 6.74. The number of rotatable bonds is 21. The van der Waals surface area contributed by atoms with Gasteiger partial charge in [0.05, 0.1) is 72.7 Å². The Kier molecular flexibility index (Phi) is 18.6. The van der Waals surface area contributed by atoms with Gasteiger partial charge in [-0.05, 0) is 24.6 Å². The number of carbonyl (C=O) groups excluding carboxylic acids is 1. The molecule has 0 saturated carbocycles. The molecule has 0 bridgehead atoms. The minimum atomic E-state index is -1.68. The molecule has 0 aromatic carbocycles. The first-order valence-electron chi connectivity index (χ1n) is 11.4. The molecule has 8 nitrogen and oxygen atoms in total. The van der Waals surface area contributed by atoms with Crippen LogP contribution in [0.2, 0.25) is 18.1 Å². The van der Waals surface area contributed by atoms with Gasteiger partial charge < -0.3 is 32.8 Å². The zero-order chi connectivity index (χ0) is 23.4. The lowest BCUT2D eigenvalue weighted by molar-refractivity contribution is -0.145. The lowest BCUT2D eigenvalue weighted by Crippen LogP contribution is -2.41. The Balaban J connectivity index is 3.21. The summed E-state index contributed by atoms with van der Waals surface area (Å²) in [4.78, 5) is 11.1. The van der Waals surface area contributed by atoms with Crippen molar-refractivity contribution in [2.75, 3.05) is 79.3 Å². The Morgan fingerprint density at radius 1 is 0.645 bits per heavy atom. The van der Waals surface area contributed by atoms with E-state index in [0.717, 1.165) is 6.42 Å². The van der Waals surface area contributed by atoms with Crippen LogP contribution < -0.4 is 0 Å². The second-order valence-corrected chi connectivity index (χ2v) is 13.5. The third kappa shape index (κ3) is 18.7. The summed E-state index contributed by atoms with van der Waals surface area (Å²) >= 11 is 0. The molecule has 0 rings (SSSR count). The van der Waals surface area contributed by atoms with Crippen molar-refractivity contribution in [2.24, 2.45) is 0 Å². The molecule has 0 fully saturated rings. The van der Waals surface area contributed by atoms with E-state index >= 15 is 0 Å². The van der Waals surface area contributed by atoms with E-state index in [1.807, 2.05) is 6.92 Å². The summed E-state index contributed by atoms with van der Waals surface area (Å²) in [5.74, 6) is -0.178. The van der Waals surface area contributed by atoms with E-state index in [2.05, 4.69) is 33.9 Å². The van der Waals surface area contributed by atoms with Crippen molar-refractivity contribution in [3.05, 3.63) is 0 Å². The molecule has 0 radical (unpaired) electrons. The largest absolute Gasteiger partial charge is 0.463 e. The lowest BCUT2D eigenvalue weighted by atomic mass is 10.2. The van der Waals surface area contributed by atoms with Crippen LogP contribution in [0.5, 0.6) is 0 Å². The molecular weight excluding hydrogens is 420 g/mol. The van der Waals surface area contributed by atoms with E-state index < -0.39 is 8.32 Å². The molecule has 186 valence electrons. The third-order valence-electron chi connectivity index (χ3n) is 4.93. The fourth-order valence-corrected chi connectivity index (χ4v) is 3.07. The average molecular weight is 467 g/mol. The highest BCUT2D eigenvalue weighted by Gasteiger charge is 2.36. The highest BCUT2D eigenvalue weighted by atomic mass is 28.4. The summed E-state index contributed by atoms with van der Waals surface area (Å²) < 4.78 is 38.2. The number of hydrogen-bond acceptors (Lipinski definition) is 8. The molecule has 0 atom stereocenters. The molecule has 0 saturated heterocycles. The molecule has 0 heterocycles. The number of hydrogen-bond donors (Lipinski definition) is 0. The summed E-state index contributed by atoms with van der Waals surface area (Å²) in [5.41, 5.74) is 0. The summed E-state index contributed by atoms with van der Waals surface area (Å²) in [6.45, 7) is 19.2. The van der Waals surface area contributed by atoms with Crippen LogP contribution in [0.3, 0.4) is 0 Å². The van der Waals surface area contributed by atoms with Gasteiger partial charge in [0, 0.05) is 6.42 Å². The molecule has 9 heteroatoms. The molecular formula is C22H46O8Si. The number of esters is 1. The zero-order valence-electron chi connectivity index (χ0n) is 20.7. The molecule has 0 unspecified atom stereocenters. The van der Waals surface area contributed by atoms with Gasteiger partial charge in [0.1, 0.15) is 6.61 Å². The van der Waals surface area contributed by atoms with Gasteiger partial charge in [0.15, 0.2) is 8.32 Å². The fourth-order valence-electron chi connectivity index (χ4n) is 2.04. The summed E-state index contributed by atoms with van der Waals surface area (Å²) in [5, 5.41) is 0.223. The van der Waals surface area contributed by atoms with Gasteiger partial charge in [-0.25, -0.2) is 0 Å². The minimum absolute atomic E-state index is 0.178. The van der Waals surface area contributed by atoms with E-state index in [1.165, 1.54) is 0 Å². The van der Waals surface area contributed by atoms with Crippen LogP contribution in [-0.4, -0.2) is 93.6 Å². The van der Waals surface area contributed by atoms with E-state index in [-0.39, 0.29) is 17.6 Å². The Bertz CT molecular complexity index is 426. The van der Waals surface area contributed by atoms with Crippen molar-refractivity contribution in [1.29, 1.82) is 0 Å². The summed E-state index contributed by atoms with van der Waals surface area (Å²) in [7, 11) is -1.68. The van der Waals surface area contributed by atoms with E-state index in [9.17, 15) is 4.79 Å². The van der Waals surface area contributed by atoms with E-state index in [0.29, 0.717) is 79.1 Å². The fraction of sp³-hybridized carbons (Fsp3) is 0.955. The van der Waals surface area contributed by atoms with E-state index in [1.54, 1.807) is 0 Å². The van der Waals surface area contributed by atoms with Crippen LogP contribution in [-0.2, 0) is 37.6 Å². The second kappa shape index (κ2) is 19.0. The predicted molar refractivity (Wildman–Crippen MR) is 123 cm³/mol. The van der Waals surface area contributed by atoms with Gasteiger partial charge in [-0.1, -0.05) is 27.7 Å². The van der Waals surface area contributed by atoms with Crippen molar-refractivity contribution < 1.29 is 37.6 Å². The quantitative estimate of drug-likeness (QED) is 0.145. The molecule has 0 aliphatic heterocycles. The summed E-state index contributed by atoms with van der Waals surface area (Å²) in [6, 6.07) is 0. The number of ether oxygens (including phenoxy) is 6. The van der Waals surface area contributed by atoms with Crippen molar-refractivity contribution in [3.63, 3.8) is 0 Å². The maximum absolute atomic E-state index is 11.1. The monoisotopic (exact) mass is 466 g/mol. The van der Waals surface area contributed by atoms with Crippen LogP contribution in [0.1, 0.15) is 40.5 Å². The maximum atomic E-state index is 11.1. The first-order valence-corrected chi connectivity index (χ1v) is 14.3. The SMILES string of the molecule is CCCC(=O)OCCOCCOCCOCCOCCOCCO[Si](C)(C)C(C)(C)C. The normalized spacial score (nSPS) is 12.3. The van der Waals surface area contributed by atoms with Gasteiger partial charge in [-0.3, -0.25) is 4.79 Å². The minimum Gasteiger partial charge on any atom is -0.463 e. The van der Waals surface area contributed by atoms with Crippen molar-refractivity contribution in [1.82, 2.24) is 0 Å². The standard InChI is InChI=1S/C22H46O8Si/c1-7-8-21(23)29-19-17-27-15-13-25-11-9-24-10-12-26-14-16-28-18-20-30-31(5,6)22(2,3)4/h7-20H2,1-6H3. The smallest absolute Gasteiger partial charge is 0.305 e. The molecule has 0 amide bonds. The maximum Gasteiger partial charge on any atom is 0.305 e. The summed E-state index contributed by atoms with van der Waals surface area (Å²) in [6.07, 6.45) is 1.25. The molecule has 0 aliphatic carbocycles. The zero-order valence-corrected chi connectivity index (χ0v) is 21.7. The molecule has 0 spiro atoms. The topological polar surface area (TPSA) is 81.7 Å². The van der Waals surface area contributed by atoms with Crippen LogP contribution in [0, 0.1) is 0 Å². The average Bonchev–Trinajstić information content (AvgIpc) is 2.69. The van der Waals surface area contributed by atoms with E-state index in [4.69, 9.17) is 32.8 Å². The Labute approximate surface area is 190 Å². The molecule has 31 heavy (non-hydrogen) atoms. The second-order valence-electron chi connectivity index (χ2n) is 8.64.